The summed E-state index contributed by atoms with van der Waals surface area (Å²) in [7, 11) is 1.78. The van der Waals surface area contributed by atoms with Crippen LogP contribution >= 0.6 is 0 Å². The third-order valence-electron chi connectivity index (χ3n) is 6.45. The molecular formula is C26H52N3O7S+. The average molecular weight is 551 g/mol. The van der Waals surface area contributed by atoms with Crippen molar-refractivity contribution in [3.05, 3.63) is 0 Å². The highest BCUT2D eigenvalue weighted by molar-refractivity contribution is 7.85. The van der Waals surface area contributed by atoms with Gasteiger partial charge in [-0.05, 0) is 51.4 Å². The maximum Gasteiger partial charge on any atom is 0.328 e. The number of carbonyl (C=O) groups excluding carboxylic acids is 3. The number of unbranched alkanes of at least 4 members (excludes halogenated alkanes) is 9. The number of nitrogens with one attached hydrogen (secondary N) is 2. The number of nitrogens with zero attached hydrogens (tertiary/aromatic N) is 1. The number of methoxy groups -OCH3 is 1. The number of hydrogen-bond acceptors (Lipinski definition) is 6. The van der Waals surface area contributed by atoms with E-state index in [1.54, 1.807) is 0 Å². The van der Waals surface area contributed by atoms with E-state index in [0.717, 1.165) is 62.5 Å². The summed E-state index contributed by atoms with van der Waals surface area (Å²) in [4.78, 5) is 35.1. The van der Waals surface area contributed by atoms with Crippen LogP contribution in [0.2, 0.25) is 0 Å². The second kappa shape index (κ2) is 20.3. The standard InChI is InChI=1S/C26H51N3O7S/c1-23(30)27-19-13-12-17-24(26(32)36-4)28-25(31)18-11-9-7-5-6-8-10-14-20-29(2,3)21-15-16-22-37(33,34)35/h24H,5-22H2,1-4H3,(H2-,27,28,30,31,33,34,35)/p+1. The van der Waals surface area contributed by atoms with Crippen molar-refractivity contribution in [2.45, 2.75) is 103 Å². The molecule has 37 heavy (non-hydrogen) atoms. The Bertz CT molecular complexity index is 757. The maximum atomic E-state index is 12.3. The Morgan fingerprint density at radius 1 is 0.838 bits per heavy atom. The molecular weight excluding hydrogens is 498 g/mol. The maximum absolute atomic E-state index is 12.3. The summed E-state index contributed by atoms with van der Waals surface area (Å²) in [6.07, 6.45) is 12.3. The fraction of sp³-hybridized carbons (Fsp3) is 0.885. The van der Waals surface area contributed by atoms with E-state index in [1.165, 1.54) is 33.3 Å². The van der Waals surface area contributed by atoms with Gasteiger partial charge in [0.15, 0.2) is 0 Å². The second-order valence-electron chi connectivity index (χ2n) is 10.6. The molecule has 1 atom stereocenters. The molecule has 0 aromatic rings. The van der Waals surface area contributed by atoms with Gasteiger partial charge in [0.05, 0.1) is 40.0 Å². The first kappa shape index (κ1) is 35.3. The Balaban J connectivity index is 3.82. The minimum atomic E-state index is -3.85. The predicted octanol–water partition coefficient (Wildman–Crippen LogP) is 3.21. The first-order valence-electron chi connectivity index (χ1n) is 13.7. The molecule has 0 aliphatic rings. The molecule has 0 fully saturated rings. The Morgan fingerprint density at radius 2 is 1.38 bits per heavy atom. The minimum Gasteiger partial charge on any atom is -0.467 e. The summed E-state index contributed by atoms with van der Waals surface area (Å²) < 4.78 is 36.0. The molecule has 0 heterocycles. The fourth-order valence-electron chi connectivity index (χ4n) is 4.22. The van der Waals surface area contributed by atoms with Crippen LogP contribution in [0.1, 0.15) is 96.8 Å². The van der Waals surface area contributed by atoms with E-state index in [-0.39, 0.29) is 17.6 Å². The topological polar surface area (TPSA) is 139 Å². The Hall–Kier alpha value is -1.72. The lowest BCUT2D eigenvalue weighted by Crippen LogP contribution is -2.41. The van der Waals surface area contributed by atoms with Gasteiger partial charge in [0, 0.05) is 19.9 Å². The van der Waals surface area contributed by atoms with Crippen molar-refractivity contribution < 1.29 is 36.6 Å². The Labute approximate surface area is 224 Å². The first-order chi connectivity index (χ1) is 17.4. The highest BCUT2D eigenvalue weighted by Gasteiger charge is 2.20. The lowest BCUT2D eigenvalue weighted by molar-refractivity contribution is -0.890. The van der Waals surface area contributed by atoms with Crippen LogP contribution in [0, 0.1) is 0 Å². The third-order valence-corrected chi connectivity index (χ3v) is 7.25. The van der Waals surface area contributed by atoms with E-state index in [1.807, 2.05) is 0 Å². The van der Waals surface area contributed by atoms with Crippen molar-refractivity contribution in [2.24, 2.45) is 0 Å². The normalized spacial score (nSPS) is 12.7. The first-order valence-corrected chi connectivity index (χ1v) is 15.4. The lowest BCUT2D eigenvalue weighted by atomic mass is 10.1. The molecule has 0 aliphatic heterocycles. The molecule has 0 spiro atoms. The Kier molecular flexibility index (Phi) is 19.3. The molecule has 11 heteroatoms. The molecule has 10 nitrogen and oxygen atoms in total. The molecule has 0 radical (unpaired) electrons. The highest BCUT2D eigenvalue weighted by atomic mass is 32.2. The van der Waals surface area contributed by atoms with E-state index >= 15 is 0 Å². The van der Waals surface area contributed by atoms with Gasteiger partial charge in [-0.2, -0.15) is 8.42 Å². The molecule has 0 rings (SSSR count). The SMILES string of the molecule is COC(=O)C(CCCCNC(C)=O)NC(=O)CCCCCCCCCC[N+](C)(C)CCCCS(=O)(=O)O. The van der Waals surface area contributed by atoms with Crippen molar-refractivity contribution in [1.82, 2.24) is 10.6 Å². The molecule has 0 saturated heterocycles. The van der Waals surface area contributed by atoms with Gasteiger partial charge in [0.1, 0.15) is 6.04 Å². The van der Waals surface area contributed by atoms with Crippen LogP contribution in [-0.2, 0) is 29.2 Å². The molecule has 0 aromatic carbocycles. The summed E-state index contributed by atoms with van der Waals surface area (Å²) >= 11 is 0. The van der Waals surface area contributed by atoms with Crippen molar-refractivity contribution in [1.29, 1.82) is 0 Å². The average Bonchev–Trinajstić information content (AvgIpc) is 2.80. The summed E-state index contributed by atoms with van der Waals surface area (Å²) in [5.41, 5.74) is 0. The summed E-state index contributed by atoms with van der Waals surface area (Å²) in [6, 6.07) is -0.643. The molecule has 0 aromatic heterocycles. The van der Waals surface area contributed by atoms with E-state index in [4.69, 9.17) is 9.29 Å². The van der Waals surface area contributed by atoms with Crippen LogP contribution in [0.25, 0.3) is 0 Å². The largest absolute Gasteiger partial charge is 0.467 e. The zero-order chi connectivity index (χ0) is 28.2. The quantitative estimate of drug-likeness (QED) is 0.0768. The van der Waals surface area contributed by atoms with Crippen molar-refractivity contribution in [2.75, 3.05) is 46.6 Å². The molecule has 1 unspecified atom stereocenters. The zero-order valence-corrected chi connectivity index (χ0v) is 24.4. The smallest absolute Gasteiger partial charge is 0.328 e. The number of quaternary nitrogens is 1. The van der Waals surface area contributed by atoms with Gasteiger partial charge in [0.2, 0.25) is 11.8 Å². The van der Waals surface area contributed by atoms with E-state index in [0.29, 0.717) is 32.2 Å². The van der Waals surface area contributed by atoms with E-state index in [2.05, 4.69) is 24.7 Å². The van der Waals surface area contributed by atoms with Crippen LogP contribution in [0.5, 0.6) is 0 Å². The van der Waals surface area contributed by atoms with E-state index in [9.17, 15) is 22.8 Å². The van der Waals surface area contributed by atoms with Crippen molar-refractivity contribution in [3.8, 4) is 0 Å². The summed E-state index contributed by atoms with van der Waals surface area (Å²) in [6.45, 7) is 3.98. The molecule has 2 amide bonds. The zero-order valence-electron chi connectivity index (χ0n) is 23.6. The second-order valence-corrected chi connectivity index (χ2v) is 12.1. The van der Waals surface area contributed by atoms with Gasteiger partial charge in [-0.15, -0.1) is 0 Å². The van der Waals surface area contributed by atoms with Crippen LogP contribution in [0.3, 0.4) is 0 Å². The van der Waals surface area contributed by atoms with Crippen LogP contribution < -0.4 is 10.6 Å². The molecule has 0 bridgehead atoms. The number of rotatable bonds is 23. The summed E-state index contributed by atoms with van der Waals surface area (Å²) in [5, 5.41) is 5.50. The molecule has 218 valence electrons. The van der Waals surface area contributed by atoms with E-state index < -0.39 is 22.1 Å². The minimum absolute atomic E-state index is 0.0812. The molecule has 3 N–H and O–H groups in total. The van der Waals surface area contributed by atoms with Gasteiger partial charge >= 0.3 is 5.97 Å². The van der Waals surface area contributed by atoms with Gasteiger partial charge < -0.3 is 19.9 Å². The predicted molar refractivity (Wildman–Crippen MR) is 146 cm³/mol. The summed E-state index contributed by atoms with van der Waals surface area (Å²) in [5.74, 6) is -0.807. The van der Waals surface area contributed by atoms with Gasteiger partial charge in [-0.3, -0.25) is 14.1 Å². The Morgan fingerprint density at radius 3 is 1.92 bits per heavy atom. The van der Waals surface area contributed by atoms with Crippen LogP contribution in [0.15, 0.2) is 0 Å². The number of esters is 1. The van der Waals surface area contributed by atoms with Gasteiger partial charge in [-0.1, -0.05) is 32.1 Å². The van der Waals surface area contributed by atoms with Gasteiger partial charge in [0.25, 0.3) is 10.1 Å². The highest BCUT2D eigenvalue weighted by Crippen LogP contribution is 2.12. The number of hydrogen-bond donors (Lipinski definition) is 3. The molecule has 0 aliphatic carbocycles. The lowest BCUT2D eigenvalue weighted by Gasteiger charge is -2.29. The third kappa shape index (κ3) is 23.2. The number of amides is 2. The number of carbonyl (C=O) groups is 3. The van der Waals surface area contributed by atoms with Gasteiger partial charge in [-0.25, -0.2) is 4.79 Å². The monoisotopic (exact) mass is 550 g/mol. The van der Waals surface area contributed by atoms with Crippen molar-refractivity contribution in [3.63, 3.8) is 0 Å². The fourth-order valence-corrected chi connectivity index (χ4v) is 4.79. The van der Waals surface area contributed by atoms with Crippen LogP contribution in [0.4, 0.5) is 0 Å². The van der Waals surface area contributed by atoms with Crippen LogP contribution in [-0.4, -0.2) is 87.9 Å². The number of ether oxygens (including phenoxy) is 1. The van der Waals surface area contributed by atoms with Crippen molar-refractivity contribution >= 4 is 27.9 Å². The molecule has 0 saturated carbocycles.